The Kier molecular flexibility index (Phi) is 20.4. The van der Waals surface area contributed by atoms with Gasteiger partial charge in [-0.25, -0.2) is 18.1 Å². The molecule has 0 aliphatic carbocycles. The largest absolute Gasteiger partial charge is 0.315 e. The standard InChI is InChI=1S/C12H28N6O2S8/c1-7-9-15(5)25-17(23-13-3)11(19)21-27-28-22-12(20)18(24-14-4)26-16(6)10-8-2/h13-14H,7-10H2,1-6H3. The fourth-order valence-electron chi connectivity index (χ4n) is 1.45. The lowest BCUT2D eigenvalue weighted by Crippen LogP contribution is -2.23. The van der Waals surface area contributed by atoms with Gasteiger partial charge in [0, 0.05) is 34.7 Å². The third kappa shape index (κ3) is 14.6. The second-order valence-electron chi connectivity index (χ2n) is 4.81. The highest BCUT2D eigenvalue weighted by molar-refractivity contribution is 9.29. The molecule has 0 heterocycles. The van der Waals surface area contributed by atoms with E-state index in [9.17, 15) is 9.59 Å². The van der Waals surface area contributed by atoms with Gasteiger partial charge < -0.3 is 0 Å². The average Bonchev–Trinajstić information content (AvgIpc) is 2.64. The van der Waals surface area contributed by atoms with Crippen molar-refractivity contribution in [2.75, 3.05) is 41.3 Å². The molecule has 0 aromatic heterocycles. The van der Waals surface area contributed by atoms with Crippen molar-refractivity contribution in [1.29, 1.82) is 0 Å². The molecule has 0 radical (unpaired) electrons. The SMILES string of the molecule is CCCN(C)SN(SNC)C(=O)SSSSC(=O)N(SNC)SN(C)CCC. The molecule has 8 nitrogen and oxygen atoms in total. The fourth-order valence-corrected chi connectivity index (χ4v) is 10.2. The minimum atomic E-state index is -0.101. The first-order chi connectivity index (χ1) is 13.4. The molecule has 0 rings (SSSR count). The molecule has 0 aliphatic rings. The summed E-state index contributed by atoms with van der Waals surface area (Å²) in [7, 11) is 12.2. The first-order valence-corrected chi connectivity index (χ1v) is 16.0. The number of amides is 2. The fraction of sp³-hybridized carbons (Fsp3) is 0.833. The Bertz CT molecular complexity index is 403. The second-order valence-corrected chi connectivity index (χ2v) is 15.1. The summed E-state index contributed by atoms with van der Waals surface area (Å²) in [5.74, 6) is 0. The molecule has 0 saturated heterocycles. The Morgan fingerprint density at radius 3 is 1.39 bits per heavy atom. The van der Waals surface area contributed by atoms with Crippen LogP contribution in [0.15, 0.2) is 0 Å². The van der Waals surface area contributed by atoms with Crippen LogP contribution < -0.4 is 9.44 Å². The lowest BCUT2D eigenvalue weighted by atomic mass is 10.5. The molecule has 166 valence electrons. The lowest BCUT2D eigenvalue weighted by molar-refractivity contribution is 0.257. The molecule has 0 spiro atoms. The Balaban J connectivity index is 4.35. The topological polar surface area (TPSA) is 71.2 Å². The molecule has 0 aromatic carbocycles. The van der Waals surface area contributed by atoms with Crippen molar-refractivity contribution in [3.05, 3.63) is 0 Å². The van der Waals surface area contributed by atoms with Crippen molar-refractivity contribution in [1.82, 2.24) is 25.5 Å². The van der Waals surface area contributed by atoms with Gasteiger partial charge in [0.2, 0.25) is 0 Å². The van der Waals surface area contributed by atoms with Crippen LogP contribution in [0.3, 0.4) is 0 Å². The van der Waals surface area contributed by atoms with Crippen molar-refractivity contribution in [2.45, 2.75) is 26.7 Å². The zero-order chi connectivity index (χ0) is 21.4. The quantitative estimate of drug-likeness (QED) is 0.146. The van der Waals surface area contributed by atoms with E-state index in [4.69, 9.17) is 0 Å². The van der Waals surface area contributed by atoms with Crippen LogP contribution in [-0.2, 0) is 0 Å². The summed E-state index contributed by atoms with van der Waals surface area (Å²) in [4.78, 5) is 24.8. The maximum absolute atomic E-state index is 12.4. The molecule has 0 unspecified atom stereocenters. The molecule has 2 N–H and O–H groups in total. The van der Waals surface area contributed by atoms with Gasteiger partial charge in [-0.15, -0.1) is 0 Å². The van der Waals surface area contributed by atoms with Crippen molar-refractivity contribution in [2.24, 2.45) is 0 Å². The minimum Gasteiger partial charge on any atom is -0.259 e. The highest BCUT2D eigenvalue weighted by atomic mass is 33.7. The van der Waals surface area contributed by atoms with E-state index in [1.807, 2.05) is 22.7 Å². The molecular formula is C12H28N6O2S8. The number of hydrogen-bond acceptors (Lipinski definition) is 14. The van der Waals surface area contributed by atoms with E-state index < -0.39 is 0 Å². The summed E-state index contributed by atoms with van der Waals surface area (Å²) in [6, 6.07) is 0. The number of carbonyl (C=O) groups excluding carboxylic acids is 2. The van der Waals surface area contributed by atoms with Gasteiger partial charge in [-0.3, -0.25) is 9.59 Å². The van der Waals surface area contributed by atoms with Crippen LogP contribution in [-0.4, -0.2) is 67.8 Å². The number of nitrogens with one attached hydrogen (secondary N) is 2. The Morgan fingerprint density at radius 1 is 0.750 bits per heavy atom. The van der Waals surface area contributed by atoms with Gasteiger partial charge in [0.25, 0.3) is 0 Å². The molecular weight excluding hydrogens is 517 g/mol. The maximum Gasteiger partial charge on any atom is 0.315 e. The van der Waals surface area contributed by atoms with Crippen molar-refractivity contribution < 1.29 is 9.59 Å². The summed E-state index contributed by atoms with van der Waals surface area (Å²) < 4.78 is 13.0. The Morgan fingerprint density at radius 2 is 1.11 bits per heavy atom. The molecule has 0 atom stereocenters. The van der Waals surface area contributed by atoms with Crippen molar-refractivity contribution in [3.63, 3.8) is 0 Å². The van der Waals surface area contributed by atoms with E-state index in [0.29, 0.717) is 0 Å². The molecule has 0 bridgehead atoms. The predicted octanol–water partition coefficient (Wildman–Crippen LogP) is 5.88. The van der Waals surface area contributed by atoms with Crippen molar-refractivity contribution in [3.8, 4) is 0 Å². The summed E-state index contributed by atoms with van der Waals surface area (Å²) in [5.41, 5.74) is 0. The molecule has 16 heteroatoms. The van der Waals surface area contributed by atoms with Gasteiger partial charge >= 0.3 is 10.5 Å². The molecule has 0 fully saturated rings. The highest BCUT2D eigenvalue weighted by Crippen LogP contribution is 2.47. The van der Waals surface area contributed by atoms with Crippen molar-refractivity contribution >= 4 is 100 Å². The molecule has 0 saturated carbocycles. The monoisotopic (exact) mass is 544 g/mol. The van der Waals surface area contributed by atoms with Crippen LogP contribution >= 0.6 is 89.8 Å². The van der Waals surface area contributed by atoms with E-state index in [-0.39, 0.29) is 10.5 Å². The second kappa shape index (κ2) is 19.3. The molecule has 0 aromatic rings. The Labute approximate surface area is 201 Å². The van der Waals surface area contributed by atoms with E-state index in [1.54, 1.807) is 21.5 Å². The minimum absolute atomic E-state index is 0.101. The summed E-state index contributed by atoms with van der Waals surface area (Å²) in [5, 5.41) is -0.201. The summed E-state index contributed by atoms with van der Waals surface area (Å²) in [6.07, 6.45) is 2.03. The lowest BCUT2D eigenvalue weighted by Gasteiger charge is -2.23. The number of nitrogens with zero attached hydrogens (tertiary/aromatic N) is 4. The van der Waals surface area contributed by atoms with Crippen LogP contribution in [0.1, 0.15) is 26.7 Å². The maximum atomic E-state index is 12.4. The zero-order valence-electron chi connectivity index (χ0n) is 16.7. The number of hydrogen-bond donors (Lipinski definition) is 2. The average molecular weight is 545 g/mol. The first kappa shape index (κ1) is 29.6. The van der Waals surface area contributed by atoms with Gasteiger partial charge in [-0.2, -0.15) is 7.42 Å². The first-order valence-electron chi connectivity index (χ1n) is 8.21. The van der Waals surface area contributed by atoms with Crippen LogP contribution in [0, 0.1) is 0 Å². The van der Waals surface area contributed by atoms with E-state index in [1.165, 1.54) is 68.2 Å². The third-order valence-corrected chi connectivity index (χ3v) is 11.8. The number of rotatable bonds is 15. The van der Waals surface area contributed by atoms with E-state index >= 15 is 0 Å². The van der Waals surface area contributed by atoms with Gasteiger partial charge in [-0.05, 0) is 60.7 Å². The van der Waals surface area contributed by atoms with E-state index in [0.717, 1.165) is 47.5 Å². The normalized spacial score (nSPS) is 11.3. The Hall–Kier alpha value is 1.58. The highest BCUT2D eigenvalue weighted by Gasteiger charge is 2.21. The van der Waals surface area contributed by atoms with Gasteiger partial charge in [0.15, 0.2) is 0 Å². The van der Waals surface area contributed by atoms with Gasteiger partial charge in [-0.1, -0.05) is 13.8 Å². The smallest absolute Gasteiger partial charge is 0.259 e. The van der Waals surface area contributed by atoms with E-state index in [2.05, 4.69) is 23.3 Å². The molecule has 2 amide bonds. The summed E-state index contributed by atoms with van der Waals surface area (Å²) in [6.45, 7) is 5.97. The van der Waals surface area contributed by atoms with Crippen LogP contribution in [0.4, 0.5) is 9.59 Å². The number of carbonyl (C=O) groups is 2. The third-order valence-electron chi connectivity index (χ3n) is 2.39. The molecule has 28 heavy (non-hydrogen) atoms. The summed E-state index contributed by atoms with van der Waals surface area (Å²) >= 11 is 5.19. The molecule has 0 aliphatic heterocycles. The van der Waals surface area contributed by atoms with Crippen LogP contribution in [0.2, 0.25) is 0 Å². The van der Waals surface area contributed by atoms with Crippen LogP contribution in [0.5, 0.6) is 0 Å². The zero-order valence-corrected chi connectivity index (χ0v) is 23.2. The van der Waals surface area contributed by atoms with Crippen LogP contribution in [0.25, 0.3) is 0 Å². The predicted molar refractivity (Wildman–Crippen MR) is 139 cm³/mol. The van der Waals surface area contributed by atoms with Gasteiger partial charge in [0.1, 0.15) is 0 Å². The van der Waals surface area contributed by atoms with Gasteiger partial charge in [0.05, 0.1) is 48.5 Å².